The van der Waals surface area contributed by atoms with Gasteiger partial charge < -0.3 is 10.2 Å². The van der Waals surface area contributed by atoms with E-state index in [2.05, 4.69) is 39.4 Å². The first-order valence-electron chi connectivity index (χ1n) is 7.31. The molecule has 3 aromatic rings. The van der Waals surface area contributed by atoms with Crippen molar-refractivity contribution in [1.29, 1.82) is 0 Å². The minimum Gasteiger partial charge on any atom is -0.368 e. The topological polar surface area (TPSA) is 58.9 Å². The number of likely N-dealkylation sites (N-methyl/N-ethyl adjacent to an activating group) is 1. The van der Waals surface area contributed by atoms with E-state index in [-0.39, 0.29) is 0 Å². The molecular weight excluding hydrogens is 276 g/mol. The Morgan fingerprint density at radius 3 is 2.64 bits per heavy atom. The van der Waals surface area contributed by atoms with Crippen LogP contribution in [0.1, 0.15) is 5.82 Å². The van der Waals surface area contributed by atoms with Crippen LogP contribution in [-0.4, -0.2) is 51.8 Å². The molecule has 22 heavy (non-hydrogen) atoms. The lowest BCUT2D eigenvalue weighted by molar-refractivity contribution is 0.425. The van der Waals surface area contributed by atoms with Gasteiger partial charge in [-0.2, -0.15) is 5.10 Å². The first-order chi connectivity index (χ1) is 10.6. The number of benzene rings is 1. The van der Waals surface area contributed by atoms with Crippen LogP contribution in [-0.2, 0) is 0 Å². The van der Waals surface area contributed by atoms with Gasteiger partial charge in [-0.3, -0.25) is 0 Å². The summed E-state index contributed by atoms with van der Waals surface area (Å²) in [5.41, 5.74) is 1.82. The molecule has 0 spiro atoms. The highest BCUT2D eigenvalue weighted by Crippen LogP contribution is 2.22. The molecule has 0 aliphatic rings. The van der Waals surface area contributed by atoms with Gasteiger partial charge in [0, 0.05) is 13.1 Å². The van der Waals surface area contributed by atoms with Crippen molar-refractivity contribution in [1.82, 2.24) is 24.6 Å². The molecule has 0 aliphatic carbocycles. The van der Waals surface area contributed by atoms with E-state index in [9.17, 15) is 0 Å². The van der Waals surface area contributed by atoms with Crippen LogP contribution in [0.3, 0.4) is 0 Å². The van der Waals surface area contributed by atoms with E-state index < -0.39 is 0 Å². The Labute approximate surface area is 129 Å². The van der Waals surface area contributed by atoms with Crippen molar-refractivity contribution in [2.75, 3.05) is 32.5 Å². The average Bonchev–Trinajstić information content (AvgIpc) is 2.91. The Morgan fingerprint density at radius 1 is 1.14 bits per heavy atom. The first-order valence-corrected chi connectivity index (χ1v) is 7.31. The summed E-state index contributed by atoms with van der Waals surface area (Å²) < 4.78 is 1.85. The molecule has 1 aromatic carbocycles. The lowest BCUT2D eigenvalue weighted by Crippen LogP contribution is -2.21. The Kier molecular flexibility index (Phi) is 4.02. The van der Waals surface area contributed by atoms with Gasteiger partial charge in [-0.05, 0) is 33.2 Å². The number of para-hydroxylation sites is 1. The van der Waals surface area contributed by atoms with Crippen molar-refractivity contribution in [3.8, 4) is 5.69 Å². The molecule has 0 saturated heterocycles. The van der Waals surface area contributed by atoms with Gasteiger partial charge in [0.15, 0.2) is 5.65 Å². The second kappa shape index (κ2) is 6.11. The van der Waals surface area contributed by atoms with Gasteiger partial charge in [0.25, 0.3) is 0 Å². The molecule has 2 heterocycles. The molecule has 6 nitrogen and oxygen atoms in total. The smallest absolute Gasteiger partial charge is 0.168 e. The van der Waals surface area contributed by atoms with E-state index in [0.29, 0.717) is 0 Å². The van der Waals surface area contributed by atoms with Crippen molar-refractivity contribution >= 4 is 16.9 Å². The molecule has 0 unspecified atom stereocenters. The third-order valence-electron chi connectivity index (χ3n) is 3.39. The second-order valence-corrected chi connectivity index (χ2v) is 5.48. The summed E-state index contributed by atoms with van der Waals surface area (Å²) in [6.07, 6.45) is 1.82. The largest absolute Gasteiger partial charge is 0.368 e. The Hall–Kier alpha value is -2.47. The molecule has 0 bridgehead atoms. The highest BCUT2D eigenvalue weighted by Gasteiger charge is 2.12. The molecule has 6 heteroatoms. The van der Waals surface area contributed by atoms with E-state index in [4.69, 9.17) is 0 Å². The van der Waals surface area contributed by atoms with E-state index in [1.807, 2.05) is 48.1 Å². The number of anilines is 1. The van der Waals surface area contributed by atoms with Gasteiger partial charge in [0.05, 0.1) is 17.3 Å². The molecular formula is C16H20N6. The number of aromatic nitrogens is 4. The number of nitrogens with zero attached hydrogens (tertiary/aromatic N) is 5. The van der Waals surface area contributed by atoms with Crippen LogP contribution in [0.15, 0.2) is 36.5 Å². The van der Waals surface area contributed by atoms with Crippen molar-refractivity contribution < 1.29 is 0 Å². The molecule has 0 amide bonds. The predicted molar refractivity (Wildman–Crippen MR) is 88.4 cm³/mol. The fourth-order valence-corrected chi connectivity index (χ4v) is 2.31. The third kappa shape index (κ3) is 2.92. The minimum absolute atomic E-state index is 0.734. The zero-order valence-electron chi connectivity index (χ0n) is 13.1. The van der Waals surface area contributed by atoms with Gasteiger partial charge in [0.1, 0.15) is 11.6 Å². The van der Waals surface area contributed by atoms with Crippen LogP contribution < -0.4 is 5.32 Å². The van der Waals surface area contributed by atoms with Crippen molar-refractivity contribution in [2.45, 2.75) is 6.92 Å². The van der Waals surface area contributed by atoms with E-state index in [0.717, 1.165) is 41.5 Å². The van der Waals surface area contributed by atoms with Crippen LogP contribution >= 0.6 is 0 Å². The second-order valence-electron chi connectivity index (χ2n) is 5.48. The summed E-state index contributed by atoms with van der Waals surface area (Å²) >= 11 is 0. The molecule has 2 aromatic heterocycles. The highest BCUT2D eigenvalue weighted by atomic mass is 15.3. The minimum atomic E-state index is 0.734. The zero-order valence-corrected chi connectivity index (χ0v) is 13.1. The molecule has 0 atom stereocenters. The van der Waals surface area contributed by atoms with Gasteiger partial charge in [0.2, 0.25) is 0 Å². The maximum atomic E-state index is 4.55. The highest BCUT2D eigenvalue weighted by molar-refractivity contribution is 5.87. The zero-order chi connectivity index (χ0) is 15.5. The van der Waals surface area contributed by atoms with E-state index in [1.54, 1.807) is 0 Å². The number of hydrogen-bond donors (Lipinski definition) is 1. The number of rotatable bonds is 5. The van der Waals surface area contributed by atoms with E-state index >= 15 is 0 Å². The molecule has 0 radical (unpaired) electrons. The monoisotopic (exact) mass is 296 g/mol. The van der Waals surface area contributed by atoms with Crippen molar-refractivity contribution in [2.24, 2.45) is 0 Å². The molecule has 3 rings (SSSR count). The number of fused-ring (bicyclic) bond motifs is 1. The molecule has 0 saturated carbocycles. The van der Waals surface area contributed by atoms with Gasteiger partial charge >= 0.3 is 0 Å². The normalized spacial score (nSPS) is 11.3. The van der Waals surface area contributed by atoms with Crippen LogP contribution in [0.5, 0.6) is 0 Å². The summed E-state index contributed by atoms with van der Waals surface area (Å²) in [6, 6.07) is 10.0. The van der Waals surface area contributed by atoms with Gasteiger partial charge in [-0.1, -0.05) is 18.2 Å². The maximum Gasteiger partial charge on any atom is 0.168 e. The fourth-order valence-electron chi connectivity index (χ4n) is 2.31. The summed E-state index contributed by atoms with van der Waals surface area (Å²) in [5, 5.41) is 8.79. The number of hydrogen-bond acceptors (Lipinski definition) is 5. The standard InChI is InChI=1S/C16H20N6/c1-12-19-15(17-9-10-21(2)3)14-11-18-22(16(14)20-12)13-7-5-4-6-8-13/h4-8,11H,9-10H2,1-3H3,(H,17,19,20). The molecule has 0 fully saturated rings. The van der Waals surface area contributed by atoms with E-state index in [1.165, 1.54) is 0 Å². The van der Waals surface area contributed by atoms with Crippen LogP contribution in [0, 0.1) is 6.92 Å². The first kappa shape index (κ1) is 14.5. The maximum absolute atomic E-state index is 4.55. The summed E-state index contributed by atoms with van der Waals surface area (Å²) in [5.74, 6) is 1.57. The van der Waals surface area contributed by atoms with Crippen molar-refractivity contribution in [3.63, 3.8) is 0 Å². The Morgan fingerprint density at radius 2 is 1.91 bits per heavy atom. The fraction of sp³-hybridized carbons (Fsp3) is 0.312. The summed E-state index contributed by atoms with van der Waals surface area (Å²) in [7, 11) is 4.10. The number of nitrogens with one attached hydrogen (secondary N) is 1. The SMILES string of the molecule is Cc1nc(NCCN(C)C)c2cnn(-c3ccccc3)c2n1. The summed E-state index contributed by atoms with van der Waals surface area (Å²) in [6.45, 7) is 3.67. The Balaban J connectivity index is 1.99. The van der Waals surface area contributed by atoms with Crippen LogP contribution in [0.4, 0.5) is 5.82 Å². The van der Waals surface area contributed by atoms with Crippen molar-refractivity contribution in [3.05, 3.63) is 42.4 Å². The van der Waals surface area contributed by atoms with Gasteiger partial charge in [-0.15, -0.1) is 0 Å². The molecule has 0 aliphatic heterocycles. The molecule has 114 valence electrons. The Bertz CT molecular complexity index is 763. The average molecular weight is 296 g/mol. The number of aryl methyl sites for hydroxylation is 1. The predicted octanol–water partition coefficient (Wildman–Crippen LogP) is 2.10. The third-order valence-corrected chi connectivity index (χ3v) is 3.39. The van der Waals surface area contributed by atoms with Crippen LogP contribution in [0.25, 0.3) is 16.7 Å². The summed E-state index contributed by atoms with van der Waals surface area (Å²) in [4.78, 5) is 11.2. The lowest BCUT2D eigenvalue weighted by Gasteiger charge is -2.11. The molecule has 1 N–H and O–H groups in total. The van der Waals surface area contributed by atoms with Crippen LogP contribution in [0.2, 0.25) is 0 Å². The van der Waals surface area contributed by atoms with Gasteiger partial charge in [-0.25, -0.2) is 14.6 Å². The quantitative estimate of drug-likeness (QED) is 0.781. The lowest BCUT2D eigenvalue weighted by atomic mass is 10.3.